The first-order valence-electron chi connectivity index (χ1n) is 7.15. The van der Waals surface area contributed by atoms with Crippen molar-refractivity contribution >= 4 is 5.69 Å². The predicted octanol–water partition coefficient (Wildman–Crippen LogP) is 3.45. The molecule has 0 aliphatic carbocycles. The maximum Gasteiger partial charge on any atom is 0.311 e. The minimum absolute atomic E-state index is 0.0442. The van der Waals surface area contributed by atoms with Crippen LogP contribution in [0.3, 0.4) is 0 Å². The molecular weight excluding hydrogens is 256 g/mol. The Hall–Kier alpha value is -1.62. The fraction of sp³-hybridized carbons (Fsp3) is 0.600. The molecule has 0 radical (unpaired) electrons. The number of nitrogens with one attached hydrogen (secondary N) is 1. The molecule has 1 N–H and O–H groups in total. The summed E-state index contributed by atoms with van der Waals surface area (Å²) in [6.45, 7) is 7.60. The first kappa shape index (κ1) is 16.4. The number of nitrogens with zero attached hydrogens (tertiary/aromatic N) is 1. The number of unbranched alkanes of at least 4 members (excludes halogenated alkanes) is 1. The van der Waals surface area contributed by atoms with E-state index in [0.29, 0.717) is 18.4 Å². The van der Waals surface area contributed by atoms with Crippen molar-refractivity contribution in [3.63, 3.8) is 0 Å². The Morgan fingerprint density at radius 3 is 2.80 bits per heavy atom. The first-order valence-corrected chi connectivity index (χ1v) is 7.15. The van der Waals surface area contributed by atoms with Gasteiger partial charge >= 0.3 is 5.69 Å². The molecule has 0 saturated heterocycles. The van der Waals surface area contributed by atoms with Crippen LogP contribution in [0.15, 0.2) is 18.2 Å². The zero-order valence-corrected chi connectivity index (χ0v) is 12.5. The monoisotopic (exact) mass is 280 g/mol. The quantitative estimate of drug-likeness (QED) is 0.427. The number of hydrogen-bond donors (Lipinski definition) is 1. The van der Waals surface area contributed by atoms with Crippen molar-refractivity contribution in [2.45, 2.75) is 46.1 Å². The molecule has 0 fully saturated rings. The number of ether oxygens (including phenoxy) is 1. The van der Waals surface area contributed by atoms with Crippen molar-refractivity contribution in [2.75, 3.05) is 13.2 Å². The van der Waals surface area contributed by atoms with E-state index in [1.54, 1.807) is 12.1 Å². The SMILES string of the molecule is CC[C@@H](C)NCCCCOc1ccc(C)cc1[N+](=O)[O-]. The third kappa shape index (κ3) is 5.57. The average Bonchev–Trinajstić information content (AvgIpc) is 2.43. The summed E-state index contributed by atoms with van der Waals surface area (Å²) in [5.41, 5.74) is 0.907. The van der Waals surface area contributed by atoms with Crippen LogP contribution in [0, 0.1) is 17.0 Å². The molecular formula is C15H24N2O3. The molecule has 0 amide bonds. The lowest BCUT2D eigenvalue weighted by molar-refractivity contribution is -0.385. The van der Waals surface area contributed by atoms with Gasteiger partial charge in [-0.15, -0.1) is 0 Å². The molecule has 112 valence electrons. The lowest BCUT2D eigenvalue weighted by Crippen LogP contribution is -2.26. The van der Waals surface area contributed by atoms with Gasteiger partial charge in [0, 0.05) is 12.1 Å². The smallest absolute Gasteiger partial charge is 0.311 e. The highest BCUT2D eigenvalue weighted by Crippen LogP contribution is 2.27. The van der Waals surface area contributed by atoms with Crippen LogP contribution in [0.4, 0.5) is 5.69 Å². The minimum Gasteiger partial charge on any atom is -0.487 e. The van der Waals surface area contributed by atoms with Gasteiger partial charge in [-0.3, -0.25) is 10.1 Å². The normalized spacial score (nSPS) is 12.2. The van der Waals surface area contributed by atoms with E-state index in [2.05, 4.69) is 19.2 Å². The fourth-order valence-electron chi connectivity index (χ4n) is 1.79. The molecule has 1 aromatic carbocycles. The molecule has 0 saturated carbocycles. The second kappa shape index (κ2) is 8.53. The summed E-state index contributed by atoms with van der Waals surface area (Å²) < 4.78 is 5.52. The van der Waals surface area contributed by atoms with Gasteiger partial charge in [-0.1, -0.05) is 13.0 Å². The summed E-state index contributed by atoms with van der Waals surface area (Å²) in [6.07, 6.45) is 3.00. The van der Waals surface area contributed by atoms with Crippen LogP contribution in [0.1, 0.15) is 38.7 Å². The maximum atomic E-state index is 10.9. The van der Waals surface area contributed by atoms with E-state index in [0.717, 1.165) is 31.4 Å². The Kier molecular flexibility index (Phi) is 7.01. The third-order valence-corrected chi connectivity index (χ3v) is 3.24. The Morgan fingerprint density at radius 2 is 2.15 bits per heavy atom. The van der Waals surface area contributed by atoms with Crippen LogP contribution in [0.5, 0.6) is 5.75 Å². The van der Waals surface area contributed by atoms with E-state index >= 15 is 0 Å². The largest absolute Gasteiger partial charge is 0.487 e. The molecule has 0 aliphatic rings. The molecule has 5 heteroatoms. The summed E-state index contributed by atoms with van der Waals surface area (Å²) >= 11 is 0. The summed E-state index contributed by atoms with van der Waals surface area (Å²) in [6, 6.07) is 5.58. The second-order valence-electron chi connectivity index (χ2n) is 5.05. The summed E-state index contributed by atoms with van der Waals surface area (Å²) in [4.78, 5) is 10.5. The van der Waals surface area contributed by atoms with Gasteiger partial charge in [0.15, 0.2) is 5.75 Å². The van der Waals surface area contributed by atoms with E-state index in [1.165, 1.54) is 0 Å². The molecule has 1 atom stereocenters. The van der Waals surface area contributed by atoms with E-state index in [9.17, 15) is 10.1 Å². The molecule has 0 heterocycles. The molecule has 0 unspecified atom stereocenters. The van der Waals surface area contributed by atoms with Crippen molar-refractivity contribution in [2.24, 2.45) is 0 Å². The number of rotatable bonds is 9. The Bertz CT molecular complexity index is 435. The van der Waals surface area contributed by atoms with Crippen LogP contribution in [0.2, 0.25) is 0 Å². The standard InChI is InChI=1S/C15H24N2O3/c1-4-13(3)16-9-5-6-10-20-15-8-7-12(2)11-14(15)17(18)19/h7-8,11,13,16H,4-6,9-10H2,1-3H3/t13-/m1/s1. The van der Waals surface area contributed by atoms with E-state index < -0.39 is 4.92 Å². The minimum atomic E-state index is -0.396. The zero-order chi connectivity index (χ0) is 15.0. The van der Waals surface area contributed by atoms with Gasteiger partial charge in [0.2, 0.25) is 0 Å². The Labute approximate surface area is 120 Å². The lowest BCUT2D eigenvalue weighted by atomic mass is 10.2. The summed E-state index contributed by atoms with van der Waals surface area (Å²) in [5, 5.41) is 14.3. The van der Waals surface area contributed by atoms with Gasteiger partial charge in [0.1, 0.15) is 0 Å². The number of nitro benzene ring substituents is 1. The van der Waals surface area contributed by atoms with Gasteiger partial charge in [0.25, 0.3) is 0 Å². The third-order valence-electron chi connectivity index (χ3n) is 3.24. The second-order valence-corrected chi connectivity index (χ2v) is 5.05. The zero-order valence-electron chi connectivity index (χ0n) is 12.5. The average molecular weight is 280 g/mol. The molecule has 0 bridgehead atoms. The van der Waals surface area contributed by atoms with Crippen LogP contribution >= 0.6 is 0 Å². The molecule has 20 heavy (non-hydrogen) atoms. The Balaban J connectivity index is 2.33. The molecule has 1 aromatic rings. The van der Waals surface area contributed by atoms with Crippen molar-refractivity contribution in [3.05, 3.63) is 33.9 Å². The molecule has 0 aromatic heterocycles. The highest BCUT2D eigenvalue weighted by Gasteiger charge is 2.14. The fourth-order valence-corrected chi connectivity index (χ4v) is 1.79. The van der Waals surface area contributed by atoms with E-state index in [1.807, 2.05) is 13.0 Å². The summed E-state index contributed by atoms with van der Waals surface area (Å²) in [7, 11) is 0. The van der Waals surface area contributed by atoms with Gasteiger partial charge in [-0.2, -0.15) is 0 Å². The van der Waals surface area contributed by atoms with Crippen LogP contribution in [-0.2, 0) is 0 Å². The van der Waals surface area contributed by atoms with Crippen molar-refractivity contribution in [1.82, 2.24) is 5.32 Å². The van der Waals surface area contributed by atoms with E-state index in [-0.39, 0.29) is 5.69 Å². The molecule has 0 aliphatic heterocycles. The van der Waals surface area contributed by atoms with Crippen LogP contribution in [-0.4, -0.2) is 24.1 Å². The number of benzene rings is 1. The topological polar surface area (TPSA) is 64.4 Å². The van der Waals surface area contributed by atoms with Crippen molar-refractivity contribution in [1.29, 1.82) is 0 Å². The van der Waals surface area contributed by atoms with Gasteiger partial charge in [-0.05, 0) is 51.3 Å². The Morgan fingerprint density at radius 1 is 1.40 bits per heavy atom. The maximum absolute atomic E-state index is 10.9. The number of hydrogen-bond acceptors (Lipinski definition) is 4. The predicted molar refractivity (Wildman–Crippen MR) is 80.3 cm³/mol. The molecule has 0 spiro atoms. The lowest BCUT2D eigenvalue weighted by Gasteiger charge is -2.11. The summed E-state index contributed by atoms with van der Waals surface area (Å²) in [5.74, 6) is 0.357. The highest BCUT2D eigenvalue weighted by atomic mass is 16.6. The van der Waals surface area contributed by atoms with Gasteiger partial charge < -0.3 is 10.1 Å². The van der Waals surface area contributed by atoms with Crippen LogP contribution in [0.25, 0.3) is 0 Å². The first-order chi connectivity index (χ1) is 9.54. The number of nitro groups is 1. The van der Waals surface area contributed by atoms with Crippen LogP contribution < -0.4 is 10.1 Å². The van der Waals surface area contributed by atoms with Gasteiger partial charge in [-0.25, -0.2) is 0 Å². The molecule has 1 rings (SSSR count). The highest BCUT2D eigenvalue weighted by molar-refractivity contribution is 5.48. The van der Waals surface area contributed by atoms with Crippen molar-refractivity contribution in [3.8, 4) is 5.75 Å². The molecule has 5 nitrogen and oxygen atoms in total. The van der Waals surface area contributed by atoms with E-state index in [4.69, 9.17) is 4.74 Å². The number of aryl methyl sites for hydroxylation is 1. The van der Waals surface area contributed by atoms with Gasteiger partial charge in [0.05, 0.1) is 11.5 Å². The van der Waals surface area contributed by atoms with Crippen molar-refractivity contribution < 1.29 is 9.66 Å².